The molecule has 5 heteroatoms. The first kappa shape index (κ1) is 17.9. The quantitative estimate of drug-likeness (QED) is 0.672. The van der Waals surface area contributed by atoms with Crippen LogP contribution in [0.3, 0.4) is 0 Å². The molecule has 0 rings (SSSR count). The maximum Gasteiger partial charge on any atom is 0.317 e. The van der Waals surface area contributed by atoms with Crippen LogP contribution in [0, 0.1) is 0 Å². The minimum Gasteiger partial charge on any atom is -0.480 e. The van der Waals surface area contributed by atoms with E-state index < -0.39 is 12.0 Å². The molecule has 2 atom stereocenters. The molecule has 0 aliphatic rings. The molecule has 19 heavy (non-hydrogen) atoms. The number of carboxylic acid groups (broad SMARTS) is 1. The maximum absolute atomic E-state index is 12.2. The SMILES string of the molecule is CCC(CC)NC(=O)C(C)N(CC(=O)O)C(C)CC. The summed E-state index contributed by atoms with van der Waals surface area (Å²) in [6.45, 7) is 9.67. The molecular formula is C14H28N2O3. The Bertz CT molecular complexity index is 290. The summed E-state index contributed by atoms with van der Waals surface area (Å²) in [4.78, 5) is 24.8. The molecule has 5 nitrogen and oxygen atoms in total. The number of amides is 1. The molecule has 0 saturated carbocycles. The normalized spacial score (nSPS) is 14.5. The molecule has 2 unspecified atom stereocenters. The highest BCUT2D eigenvalue weighted by Crippen LogP contribution is 2.10. The molecule has 0 fully saturated rings. The van der Waals surface area contributed by atoms with Crippen molar-refractivity contribution >= 4 is 11.9 Å². The van der Waals surface area contributed by atoms with E-state index in [1.165, 1.54) is 0 Å². The minimum absolute atomic E-state index is 0.0681. The van der Waals surface area contributed by atoms with Crippen molar-refractivity contribution in [3.8, 4) is 0 Å². The molecule has 112 valence electrons. The van der Waals surface area contributed by atoms with Crippen molar-refractivity contribution in [2.45, 2.75) is 72.0 Å². The number of nitrogens with zero attached hydrogens (tertiary/aromatic N) is 1. The molecule has 0 aliphatic carbocycles. The molecular weight excluding hydrogens is 244 g/mol. The van der Waals surface area contributed by atoms with Crippen LogP contribution in [0.5, 0.6) is 0 Å². The van der Waals surface area contributed by atoms with E-state index in [-0.39, 0.29) is 24.5 Å². The van der Waals surface area contributed by atoms with Crippen molar-refractivity contribution in [2.75, 3.05) is 6.54 Å². The highest BCUT2D eigenvalue weighted by molar-refractivity contribution is 5.82. The summed E-state index contributed by atoms with van der Waals surface area (Å²) in [5.41, 5.74) is 0. The fraction of sp³-hybridized carbons (Fsp3) is 0.857. The van der Waals surface area contributed by atoms with Gasteiger partial charge in [0.25, 0.3) is 0 Å². The average Bonchev–Trinajstić information content (AvgIpc) is 2.39. The van der Waals surface area contributed by atoms with E-state index in [1.54, 1.807) is 11.8 Å². The second-order valence-corrected chi connectivity index (χ2v) is 5.02. The fourth-order valence-electron chi connectivity index (χ4n) is 2.03. The number of hydrogen-bond acceptors (Lipinski definition) is 3. The van der Waals surface area contributed by atoms with Crippen LogP contribution in [-0.4, -0.2) is 46.6 Å². The van der Waals surface area contributed by atoms with Crippen molar-refractivity contribution in [3.63, 3.8) is 0 Å². The molecule has 0 bridgehead atoms. The van der Waals surface area contributed by atoms with Gasteiger partial charge in [-0.05, 0) is 33.1 Å². The zero-order valence-electron chi connectivity index (χ0n) is 12.8. The van der Waals surface area contributed by atoms with Gasteiger partial charge in [-0.1, -0.05) is 20.8 Å². The average molecular weight is 272 g/mol. The molecule has 0 aliphatic heterocycles. The number of rotatable bonds is 9. The predicted molar refractivity (Wildman–Crippen MR) is 76.1 cm³/mol. The van der Waals surface area contributed by atoms with Gasteiger partial charge in [0.05, 0.1) is 12.6 Å². The molecule has 0 radical (unpaired) electrons. The Balaban J connectivity index is 4.73. The lowest BCUT2D eigenvalue weighted by molar-refractivity contribution is -0.141. The Morgan fingerprint density at radius 2 is 1.63 bits per heavy atom. The number of hydrogen-bond donors (Lipinski definition) is 2. The first-order chi connectivity index (χ1) is 8.87. The third-order valence-corrected chi connectivity index (χ3v) is 3.68. The van der Waals surface area contributed by atoms with Gasteiger partial charge >= 0.3 is 5.97 Å². The molecule has 2 N–H and O–H groups in total. The van der Waals surface area contributed by atoms with Crippen molar-refractivity contribution in [1.29, 1.82) is 0 Å². The van der Waals surface area contributed by atoms with Crippen LogP contribution in [-0.2, 0) is 9.59 Å². The lowest BCUT2D eigenvalue weighted by Gasteiger charge is -2.32. The lowest BCUT2D eigenvalue weighted by Crippen LogP contribution is -2.52. The van der Waals surface area contributed by atoms with E-state index in [1.807, 2.05) is 27.7 Å². The third kappa shape index (κ3) is 6.05. The van der Waals surface area contributed by atoms with Gasteiger partial charge in [0.2, 0.25) is 5.91 Å². The van der Waals surface area contributed by atoms with Crippen LogP contribution in [0.15, 0.2) is 0 Å². The summed E-state index contributed by atoms with van der Waals surface area (Å²) in [5, 5.41) is 11.9. The van der Waals surface area contributed by atoms with Crippen LogP contribution in [0.4, 0.5) is 0 Å². The summed E-state index contributed by atoms with van der Waals surface area (Å²) in [7, 11) is 0. The number of carboxylic acids is 1. The van der Waals surface area contributed by atoms with Crippen molar-refractivity contribution in [2.24, 2.45) is 0 Å². The van der Waals surface area contributed by atoms with Gasteiger partial charge in [-0.25, -0.2) is 0 Å². The first-order valence-electron chi connectivity index (χ1n) is 7.15. The topological polar surface area (TPSA) is 69.6 Å². The Kier molecular flexibility index (Phi) is 8.39. The van der Waals surface area contributed by atoms with Gasteiger partial charge in [0, 0.05) is 12.1 Å². The molecule has 0 spiro atoms. The number of aliphatic carboxylic acids is 1. The van der Waals surface area contributed by atoms with Crippen molar-refractivity contribution in [1.82, 2.24) is 10.2 Å². The van der Waals surface area contributed by atoms with Crippen LogP contribution >= 0.6 is 0 Å². The molecule has 0 aromatic carbocycles. The van der Waals surface area contributed by atoms with Gasteiger partial charge in [0.15, 0.2) is 0 Å². The largest absolute Gasteiger partial charge is 0.480 e. The standard InChI is InChI=1S/C14H28N2O3/c1-6-10(4)16(9-13(17)18)11(5)14(19)15-12(7-2)8-3/h10-12H,6-9H2,1-5H3,(H,15,19)(H,17,18). The summed E-state index contributed by atoms with van der Waals surface area (Å²) in [6.07, 6.45) is 2.59. The van der Waals surface area contributed by atoms with Gasteiger partial charge in [-0.3, -0.25) is 14.5 Å². The predicted octanol–water partition coefficient (Wildman–Crippen LogP) is 1.86. The monoisotopic (exact) mass is 272 g/mol. The van der Waals surface area contributed by atoms with Gasteiger partial charge in [-0.15, -0.1) is 0 Å². The zero-order valence-corrected chi connectivity index (χ0v) is 12.8. The van der Waals surface area contributed by atoms with Crippen LogP contribution in [0.1, 0.15) is 53.9 Å². The summed E-state index contributed by atoms with van der Waals surface area (Å²) in [6, 6.07) is -0.191. The Morgan fingerprint density at radius 1 is 1.11 bits per heavy atom. The summed E-state index contributed by atoms with van der Waals surface area (Å²) in [5.74, 6) is -0.988. The lowest BCUT2D eigenvalue weighted by atomic mass is 10.1. The molecule has 1 amide bonds. The third-order valence-electron chi connectivity index (χ3n) is 3.68. The van der Waals surface area contributed by atoms with Crippen molar-refractivity contribution in [3.05, 3.63) is 0 Å². The van der Waals surface area contributed by atoms with Gasteiger partial charge in [-0.2, -0.15) is 0 Å². The Hall–Kier alpha value is -1.10. The van der Waals surface area contributed by atoms with E-state index in [4.69, 9.17) is 5.11 Å². The van der Waals surface area contributed by atoms with Crippen LogP contribution in [0.2, 0.25) is 0 Å². The number of carbonyl (C=O) groups excluding carboxylic acids is 1. The van der Waals surface area contributed by atoms with E-state index >= 15 is 0 Å². The minimum atomic E-state index is -0.900. The highest BCUT2D eigenvalue weighted by Gasteiger charge is 2.27. The second-order valence-electron chi connectivity index (χ2n) is 5.02. The van der Waals surface area contributed by atoms with E-state index in [0.29, 0.717) is 0 Å². The van der Waals surface area contributed by atoms with E-state index in [9.17, 15) is 9.59 Å². The Labute approximate surface area is 116 Å². The summed E-state index contributed by atoms with van der Waals surface area (Å²) >= 11 is 0. The van der Waals surface area contributed by atoms with Crippen LogP contribution < -0.4 is 5.32 Å². The molecule has 0 heterocycles. The second kappa shape index (κ2) is 8.91. The van der Waals surface area contributed by atoms with E-state index in [0.717, 1.165) is 19.3 Å². The molecule has 0 saturated heterocycles. The van der Waals surface area contributed by atoms with Crippen LogP contribution in [0.25, 0.3) is 0 Å². The molecule has 0 aromatic heterocycles. The maximum atomic E-state index is 12.2. The number of nitrogens with one attached hydrogen (secondary N) is 1. The fourth-order valence-corrected chi connectivity index (χ4v) is 2.03. The Morgan fingerprint density at radius 3 is 2.00 bits per heavy atom. The smallest absolute Gasteiger partial charge is 0.317 e. The van der Waals surface area contributed by atoms with E-state index in [2.05, 4.69) is 5.32 Å². The zero-order chi connectivity index (χ0) is 15.0. The highest BCUT2D eigenvalue weighted by atomic mass is 16.4. The van der Waals surface area contributed by atoms with Gasteiger partial charge < -0.3 is 10.4 Å². The molecule has 0 aromatic rings. The van der Waals surface area contributed by atoms with Crippen molar-refractivity contribution < 1.29 is 14.7 Å². The summed E-state index contributed by atoms with van der Waals surface area (Å²) < 4.78 is 0. The first-order valence-corrected chi connectivity index (χ1v) is 7.15. The van der Waals surface area contributed by atoms with Gasteiger partial charge in [0.1, 0.15) is 0 Å². The number of carbonyl (C=O) groups is 2.